The molecule has 0 N–H and O–H groups in total. The molecule has 4 nitrogen and oxygen atoms in total. The van der Waals surface area contributed by atoms with Crippen molar-refractivity contribution in [1.29, 1.82) is 5.26 Å². The van der Waals surface area contributed by atoms with Gasteiger partial charge in [-0.15, -0.1) is 0 Å². The Hall–Kier alpha value is -1.08. The first kappa shape index (κ1) is 16.0. The number of methoxy groups -OCH3 is 1. The van der Waals surface area contributed by atoms with Crippen LogP contribution in [0.25, 0.3) is 0 Å². The first-order valence-electron chi connectivity index (χ1n) is 7.32. The summed E-state index contributed by atoms with van der Waals surface area (Å²) >= 11 is 0. The van der Waals surface area contributed by atoms with Crippen LogP contribution in [0, 0.1) is 16.7 Å². The normalized spacial score (nSPS) is 19.5. The molecular formula is C15H26N2O2. The first-order chi connectivity index (χ1) is 9.11. The topological polar surface area (TPSA) is 53.3 Å². The van der Waals surface area contributed by atoms with E-state index in [9.17, 15) is 10.1 Å². The van der Waals surface area contributed by atoms with Gasteiger partial charge in [-0.3, -0.25) is 4.79 Å². The van der Waals surface area contributed by atoms with Gasteiger partial charge in [-0.05, 0) is 26.2 Å². The quantitative estimate of drug-likeness (QED) is 0.742. The zero-order valence-corrected chi connectivity index (χ0v) is 12.4. The summed E-state index contributed by atoms with van der Waals surface area (Å²) in [5.74, 6) is 0.0149. The summed E-state index contributed by atoms with van der Waals surface area (Å²) in [7, 11) is 1.64. The van der Waals surface area contributed by atoms with Crippen LogP contribution in [0.1, 0.15) is 52.4 Å². The van der Waals surface area contributed by atoms with Crippen LogP contribution in [0.15, 0.2) is 0 Å². The number of rotatable bonds is 6. The van der Waals surface area contributed by atoms with Gasteiger partial charge in [0.1, 0.15) is 5.41 Å². The lowest BCUT2D eigenvalue weighted by atomic mass is 9.74. The molecule has 0 heterocycles. The Labute approximate surface area is 116 Å². The second kappa shape index (κ2) is 7.49. The monoisotopic (exact) mass is 266 g/mol. The second-order valence-electron chi connectivity index (χ2n) is 5.50. The van der Waals surface area contributed by atoms with Gasteiger partial charge in [-0.25, -0.2) is 0 Å². The third-order valence-electron chi connectivity index (χ3n) is 4.25. The van der Waals surface area contributed by atoms with Crippen LogP contribution in [0.3, 0.4) is 0 Å². The molecule has 19 heavy (non-hydrogen) atoms. The second-order valence-corrected chi connectivity index (χ2v) is 5.50. The molecule has 0 radical (unpaired) electrons. The predicted molar refractivity (Wildman–Crippen MR) is 74.5 cm³/mol. The summed E-state index contributed by atoms with van der Waals surface area (Å²) in [5.41, 5.74) is -0.782. The fourth-order valence-corrected chi connectivity index (χ4v) is 2.74. The van der Waals surface area contributed by atoms with E-state index >= 15 is 0 Å². The summed E-state index contributed by atoms with van der Waals surface area (Å²) in [6.07, 6.45) is 5.43. The number of ether oxygens (including phenoxy) is 1. The van der Waals surface area contributed by atoms with E-state index in [-0.39, 0.29) is 11.9 Å². The van der Waals surface area contributed by atoms with Crippen molar-refractivity contribution in [3.8, 4) is 6.07 Å². The summed E-state index contributed by atoms with van der Waals surface area (Å²) in [6.45, 7) is 5.21. The van der Waals surface area contributed by atoms with E-state index in [1.807, 2.05) is 11.8 Å². The van der Waals surface area contributed by atoms with Gasteiger partial charge < -0.3 is 9.64 Å². The van der Waals surface area contributed by atoms with Gasteiger partial charge in [0, 0.05) is 19.7 Å². The standard InChI is InChI=1S/C15H26N2O2/c1-4-13(2)17(10-11-19-3)14(18)15(12-16)8-6-5-7-9-15/h13H,4-11H2,1-3H3. The molecular weight excluding hydrogens is 240 g/mol. The summed E-state index contributed by atoms with van der Waals surface area (Å²) in [5, 5.41) is 9.51. The van der Waals surface area contributed by atoms with Crippen LogP contribution in [-0.4, -0.2) is 37.1 Å². The zero-order valence-electron chi connectivity index (χ0n) is 12.4. The predicted octanol–water partition coefficient (Wildman–Crippen LogP) is 2.73. The smallest absolute Gasteiger partial charge is 0.243 e. The van der Waals surface area contributed by atoms with E-state index < -0.39 is 5.41 Å². The molecule has 1 saturated carbocycles. The molecule has 0 aromatic rings. The molecule has 1 amide bonds. The maximum atomic E-state index is 12.8. The number of hydrogen-bond donors (Lipinski definition) is 0. The van der Waals surface area contributed by atoms with Crippen molar-refractivity contribution >= 4 is 5.91 Å². The molecule has 1 atom stereocenters. The van der Waals surface area contributed by atoms with E-state index in [1.54, 1.807) is 7.11 Å². The van der Waals surface area contributed by atoms with Crippen molar-refractivity contribution in [2.24, 2.45) is 5.41 Å². The summed E-state index contributed by atoms with van der Waals surface area (Å²) < 4.78 is 5.09. The average Bonchev–Trinajstić information content (AvgIpc) is 2.47. The highest BCUT2D eigenvalue weighted by Crippen LogP contribution is 2.37. The molecule has 0 saturated heterocycles. The Kier molecular flexibility index (Phi) is 6.30. The number of nitrogens with zero attached hydrogens (tertiary/aromatic N) is 2. The zero-order chi connectivity index (χ0) is 14.3. The minimum atomic E-state index is -0.782. The summed E-state index contributed by atoms with van der Waals surface area (Å²) in [4.78, 5) is 14.7. The van der Waals surface area contributed by atoms with E-state index in [1.165, 1.54) is 0 Å². The van der Waals surface area contributed by atoms with Crippen molar-refractivity contribution < 1.29 is 9.53 Å². The lowest BCUT2D eigenvalue weighted by molar-refractivity contribution is -0.143. The molecule has 1 rings (SSSR count). The van der Waals surface area contributed by atoms with Crippen LogP contribution < -0.4 is 0 Å². The molecule has 0 spiro atoms. The minimum Gasteiger partial charge on any atom is -0.383 e. The lowest BCUT2D eigenvalue weighted by Gasteiger charge is -2.37. The molecule has 1 aliphatic rings. The minimum absolute atomic E-state index is 0.0149. The van der Waals surface area contributed by atoms with E-state index in [4.69, 9.17) is 4.74 Å². The van der Waals surface area contributed by atoms with Gasteiger partial charge >= 0.3 is 0 Å². The lowest BCUT2D eigenvalue weighted by Crippen LogP contribution is -2.49. The van der Waals surface area contributed by atoms with Crippen LogP contribution in [0.5, 0.6) is 0 Å². The Morgan fingerprint density at radius 1 is 1.42 bits per heavy atom. The van der Waals surface area contributed by atoms with Gasteiger partial charge in [0.2, 0.25) is 5.91 Å². The number of hydrogen-bond acceptors (Lipinski definition) is 3. The van der Waals surface area contributed by atoms with Gasteiger partial charge in [-0.2, -0.15) is 5.26 Å². The summed E-state index contributed by atoms with van der Waals surface area (Å²) in [6, 6.07) is 2.48. The molecule has 1 fully saturated rings. The fourth-order valence-electron chi connectivity index (χ4n) is 2.74. The average molecular weight is 266 g/mol. The Morgan fingerprint density at radius 3 is 2.53 bits per heavy atom. The van der Waals surface area contributed by atoms with Crippen LogP contribution in [0.2, 0.25) is 0 Å². The van der Waals surface area contributed by atoms with Crippen molar-refractivity contribution in [1.82, 2.24) is 4.90 Å². The van der Waals surface area contributed by atoms with E-state index in [0.29, 0.717) is 26.0 Å². The maximum Gasteiger partial charge on any atom is 0.243 e. The van der Waals surface area contributed by atoms with Gasteiger partial charge in [0.05, 0.1) is 12.7 Å². The van der Waals surface area contributed by atoms with Crippen molar-refractivity contribution in [2.45, 2.75) is 58.4 Å². The Balaban J connectivity index is 2.86. The molecule has 0 aromatic heterocycles. The molecule has 0 aliphatic heterocycles. The van der Waals surface area contributed by atoms with E-state index in [0.717, 1.165) is 25.7 Å². The number of amides is 1. The number of carbonyl (C=O) groups is 1. The largest absolute Gasteiger partial charge is 0.383 e. The van der Waals surface area contributed by atoms with Crippen LogP contribution >= 0.6 is 0 Å². The molecule has 108 valence electrons. The van der Waals surface area contributed by atoms with Gasteiger partial charge in [-0.1, -0.05) is 26.2 Å². The van der Waals surface area contributed by atoms with E-state index in [2.05, 4.69) is 13.0 Å². The maximum absolute atomic E-state index is 12.8. The Bertz CT molecular complexity index is 330. The van der Waals surface area contributed by atoms with Crippen LogP contribution in [-0.2, 0) is 9.53 Å². The highest BCUT2D eigenvalue weighted by Gasteiger charge is 2.43. The van der Waals surface area contributed by atoms with Gasteiger partial charge in [0.25, 0.3) is 0 Å². The third kappa shape index (κ3) is 3.70. The highest BCUT2D eigenvalue weighted by atomic mass is 16.5. The molecule has 0 bridgehead atoms. The molecule has 1 aliphatic carbocycles. The Morgan fingerprint density at radius 2 is 2.05 bits per heavy atom. The van der Waals surface area contributed by atoms with Crippen molar-refractivity contribution in [3.05, 3.63) is 0 Å². The molecule has 1 unspecified atom stereocenters. The number of nitriles is 1. The van der Waals surface area contributed by atoms with Crippen molar-refractivity contribution in [2.75, 3.05) is 20.3 Å². The SMILES string of the molecule is CCC(C)N(CCOC)C(=O)C1(C#N)CCCCC1. The number of carbonyl (C=O) groups excluding carboxylic acids is 1. The van der Waals surface area contributed by atoms with Crippen molar-refractivity contribution in [3.63, 3.8) is 0 Å². The molecule has 0 aromatic carbocycles. The highest BCUT2D eigenvalue weighted by molar-refractivity contribution is 5.85. The molecule has 4 heteroatoms. The van der Waals surface area contributed by atoms with Crippen LogP contribution in [0.4, 0.5) is 0 Å². The van der Waals surface area contributed by atoms with Gasteiger partial charge in [0.15, 0.2) is 0 Å². The fraction of sp³-hybridized carbons (Fsp3) is 0.867. The third-order valence-corrected chi connectivity index (χ3v) is 4.25. The first-order valence-corrected chi connectivity index (χ1v) is 7.32.